The Hall–Kier alpha value is -3.17. The highest BCUT2D eigenvalue weighted by atomic mass is 16.6. The van der Waals surface area contributed by atoms with E-state index in [1.54, 1.807) is 12.1 Å². The maximum atomic E-state index is 11.5. The number of nitro groups is 1. The molecule has 0 amide bonds. The third kappa shape index (κ3) is 4.76. The summed E-state index contributed by atoms with van der Waals surface area (Å²) in [5, 5.41) is 14.4. The van der Waals surface area contributed by atoms with Crippen LogP contribution in [0.15, 0.2) is 18.2 Å². The largest absolute Gasteiger partial charge is 0.496 e. The molecule has 0 aliphatic heterocycles. The molecule has 1 N–H and O–H groups in total. The van der Waals surface area contributed by atoms with Gasteiger partial charge in [0.05, 0.1) is 18.1 Å². The van der Waals surface area contributed by atoms with E-state index in [1.165, 1.54) is 13.2 Å². The van der Waals surface area contributed by atoms with Crippen molar-refractivity contribution in [2.75, 3.05) is 48.4 Å². The SMILES string of the molecule is CCN(CC)c1nc(Nc2ccc(OC)cc2[N+](=O)[O-])nc(N(CC)CC)n1. The fourth-order valence-electron chi connectivity index (χ4n) is 2.72. The molecule has 1 aromatic carbocycles. The number of hydrogen-bond acceptors (Lipinski definition) is 9. The molecule has 0 atom stereocenters. The Morgan fingerprint density at radius 3 is 1.96 bits per heavy atom. The van der Waals surface area contributed by atoms with Crippen LogP contribution in [0.25, 0.3) is 0 Å². The van der Waals surface area contributed by atoms with Gasteiger partial charge in [-0.05, 0) is 39.8 Å². The molecule has 0 bridgehead atoms. The number of nitro benzene ring substituents is 1. The van der Waals surface area contributed by atoms with Gasteiger partial charge in [0.2, 0.25) is 17.8 Å². The topological polar surface area (TPSA) is 110 Å². The highest BCUT2D eigenvalue weighted by molar-refractivity contribution is 5.69. The minimum Gasteiger partial charge on any atom is -0.496 e. The van der Waals surface area contributed by atoms with E-state index in [2.05, 4.69) is 20.3 Å². The zero-order chi connectivity index (χ0) is 20.7. The second-order valence-electron chi connectivity index (χ2n) is 5.87. The lowest BCUT2D eigenvalue weighted by Gasteiger charge is -2.23. The van der Waals surface area contributed by atoms with Crippen molar-refractivity contribution in [1.29, 1.82) is 0 Å². The summed E-state index contributed by atoms with van der Waals surface area (Å²) >= 11 is 0. The zero-order valence-corrected chi connectivity index (χ0v) is 17.0. The molecular weight excluding hydrogens is 362 g/mol. The highest BCUT2D eigenvalue weighted by Gasteiger charge is 2.19. The first-order valence-electron chi connectivity index (χ1n) is 9.32. The third-order valence-corrected chi connectivity index (χ3v) is 4.35. The van der Waals surface area contributed by atoms with E-state index in [1.807, 2.05) is 37.5 Å². The van der Waals surface area contributed by atoms with E-state index in [4.69, 9.17) is 4.74 Å². The number of benzene rings is 1. The molecule has 2 rings (SSSR count). The number of rotatable bonds is 10. The van der Waals surface area contributed by atoms with Crippen molar-refractivity contribution in [2.45, 2.75) is 27.7 Å². The summed E-state index contributed by atoms with van der Waals surface area (Å²) in [7, 11) is 1.46. The van der Waals surface area contributed by atoms with Crippen LogP contribution in [0.4, 0.5) is 29.2 Å². The minimum absolute atomic E-state index is 0.117. The molecule has 1 heterocycles. The number of nitrogens with one attached hydrogen (secondary N) is 1. The average molecular weight is 389 g/mol. The second-order valence-corrected chi connectivity index (χ2v) is 5.87. The molecule has 0 saturated carbocycles. The van der Waals surface area contributed by atoms with E-state index in [0.717, 1.165) is 26.2 Å². The number of ether oxygens (including phenoxy) is 1. The van der Waals surface area contributed by atoms with Gasteiger partial charge in [-0.15, -0.1) is 0 Å². The van der Waals surface area contributed by atoms with E-state index >= 15 is 0 Å². The van der Waals surface area contributed by atoms with Crippen molar-refractivity contribution in [3.63, 3.8) is 0 Å². The van der Waals surface area contributed by atoms with Gasteiger partial charge in [-0.25, -0.2) is 0 Å². The van der Waals surface area contributed by atoms with Crippen LogP contribution in [0, 0.1) is 10.1 Å². The minimum atomic E-state index is -0.470. The number of aromatic nitrogens is 3. The lowest BCUT2D eigenvalue weighted by Crippen LogP contribution is -2.29. The predicted octanol–water partition coefficient (Wildman–Crippen LogP) is 3.22. The molecule has 1 aromatic heterocycles. The maximum Gasteiger partial charge on any atom is 0.296 e. The van der Waals surface area contributed by atoms with Gasteiger partial charge in [0.25, 0.3) is 5.69 Å². The molecule has 10 heteroatoms. The lowest BCUT2D eigenvalue weighted by molar-refractivity contribution is -0.384. The Kier molecular flexibility index (Phi) is 7.30. The van der Waals surface area contributed by atoms with Gasteiger partial charge in [0.1, 0.15) is 11.4 Å². The fraction of sp³-hybridized carbons (Fsp3) is 0.500. The van der Waals surface area contributed by atoms with Crippen LogP contribution >= 0.6 is 0 Å². The Balaban J connectivity index is 2.51. The summed E-state index contributed by atoms with van der Waals surface area (Å²) in [5.41, 5.74) is 0.168. The van der Waals surface area contributed by atoms with Crippen LogP contribution in [0.2, 0.25) is 0 Å². The Morgan fingerprint density at radius 2 is 1.54 bits per heavy atom. The van der Waals surface area contributed by atoms with Crippen molar-refractivity contribution in [3.05, 3.63) is 28.3 Å². The van der Waals surface area contributed by atoms with Crippen molar-refractivity contribution >= 4 is 29.2 Å². The summed E-state index contributed by atoms with van der Waals surface area (Å²) < 4.78 is 5.08. The first-order valence-corrected chi connectivity index (χ1v) is 9.32. The molecule has 0 fully saturated rings. The van der Waals surface area contributed by atoms with Gasteiger partial charge in [-0.2, -0.15) is 15.0 Å². The third-order valence-electron chi connectivity index (χ3n) is 4.35. The molecule has 28 heavy (non-hydrogen) atoms. The smallest absolute Gasteiger partial charge is 0.296 e. The molecule has 10 nitrogen and oxygen atoms in total. The Bertz CT molecular complexity index is 778. The van der Waals surface area contributed by atoms with E-state index in [0.29, 0.717) is 17.6 Å². The lowest BCUT2D eigenvalue weighted by atomic mass is 10.2. The molecule has 0 spiro atoms. The molecule has 0 unspecified atom stereocenters. The average Bonchev–Trinajstić information content (AvgIpc) is 2.70. The molecule has 2 aromatic rings. The van der Waals surface area contributed by atoms with E-state index < -0.39 is 4.92 Å². The van der Waals surface area contributed by atoms with Crippen molar-refractivity contribution < 1.29 is 9.66 Å². The Labute approximate surface area is 164 Å². The molecule has 0 aliphatic carbocycles. The van der Waals surface area contributed by atoms with Crippen molar-refractivity contribution in [2.24, 2.45) is 0 Å². The van der Waals surface area contributed by atoms with Crippen LogP contribution in [0.1, 0.15) is 27.7 Å². The Morgan fingerprint density at radius 1 is 1.00 bits per heavy atom. The summed E-state index contributed by atoms with van der Waals surface area (Å²) in [6.45, 7) is 11.0. The second kappa shape index (κ2) is 9.67. The van der Waals surface area contributed by atoms with Crippen LogP contribution in [0.3, 0.4) is 0 Å². The van der Waals surface area contributed by atoms with Crippen molar-refractivity contribution in [3.8, 4) is 5.75 Å². The predicted molar refractivity (Wildman–Crippen MR) is 110 cm³/mol. The van der Waals surface area contributed by atoms with Gasteiger partial charge >= 0.3 is 0 Å². The van der Waals surface area contributed by atoms with E-state index in [9.17, 15) is 10.1 Å². The molecule has 0 aliphatic rings. The molecule has 152 valence electrons. The van der Waals surface area contributed by atoms with Crippen LogP contribution in [0.5, 0.6) is 5.75 Å². The molecular formula is C18H27N7O3. The van der Waals surface area contributed by atoms with Crippen LogP contribution in [-0.4, -0.2) is 53.2 Å². The number of nitrogens with zero attached hydrogens (tertiary/aromatic N) is 6. The summed E-state index contributed by atoms with van der Waals surface area (Å²) in [6, 6.07) is 4.59. The number of methoxy groups -OCH3 is 1. The highest BCUT2D eigenvalue weighted by Crippen LogP contribution is 2.31. The standard InChI is InChI=1S/C18H27N7O3/c1-6-23(7-2)17-20-16(21-18(22-17)24(8-3)9-4)19-14-11-10-13(28-5)12-15(14)25(26)27/h10-12H,6-9H2,1-5H3,(H,19,20,21,22). The quantitative estimate of drug-likeness (QED) is 0.483. The molecule has 0 radical (unpaired) electrons. The molecule has 0 saturated heterocycles. The first kappa shape index (κ1) is 21.1. The zero-order valence-electron chi connectivity index (χ0n) is 17.0. The van der Waals surface area contributed by atoms with Crippen LogP contribution in [-0.2, 0) is 0 Å². The maximum absolute atomic E-state index is 11.5. The van der Waals surface area contributed by atoms with Gasteiger partial charge in [0.15, 0.2) is 0 Å². The first-order chi connectivity index (χ1) is 13.5. The van der Waals surface area contributed by atoms with Gasteiger partial charge < -0.3 is 19.9 Å². The monoisotopic (exact) mass is 389 g/mol. The number of hydrogen-bond donors (Lipinski definition) is 1. The van der Waals surface area contributed by atoms with Crippen molar-refractivity contribution in [1.82, 2.24) is 15.0 Å². The number of anilines is 4. The normalized spacial score (nSPS) is 10.5. The summed E-state index contributed by atoms with van der Waals surface area (Å²) in [5.74, 6) is 1.72. The fourth-order valence-corrected chi connectivity index (χ4v) is 2.72. The van der Waals surface area contributed by atoms with E-state index in [-0.39, 0.29) is 17.3 Å². The summed E-state index contributed by atoms with van der Waals surface area (Å²) in [4.78, 5) is 28.5. The van der Waals surface area contributed by atoms with Gasteiger partial charge in [-0.1, -0.05) is 0 Å². The summed E-state index contributed by atoms with van der Waals surface area (Å²) in [6.07, 6.45) is 0. The van der Waals surface area contributed by atoms with Crippen LogP contribution < -0.4 is 19.9 Å². The van der Waals surface area contributed by atoms with Gasteiger partial charge in [-0.3, -0.25) is 10.1 Å². The van der Waals surface area contributed by atoms with Gasteiger partial charge in [0, 0.05) is 26.2 Å².